The van der Waals surface area contributed by atoms with Crippen LogP contribution in [0.25, 0.3) is 0 Å². The van der Waals surface area contributed by atoms with Crippen molar-refractivity contribution in [2.24, 2.45) is 0 Å². The van der Waals surface area contributed by atoms with Crippen LogP contribution in [-0.4, -0.2) is 17.4 Å². The second-order valence-corrected chi connectivity index (χ2v) is 5.10. The van der Waals surface area contributed by atoms with Gasteiger partial charge in [0, 0.05) is 18.7 Å². The van der Waals surface area contributed by atoms with Gasteiger partial charge in [-0.2, -0.15) is 0 Å². The minimum Gasteiger partial charge on any atom is -0.394 e. The fraction of sp³-hybridized carbons (Fsp3) is 0.188. The largest absolute Gasteiger partial charge is 0.394 e. The topological polar surface area (TPSA) is 46.3 Å². The van der Waals surface area contributed by atoms with Crippen molar-refractivity contribution in [2.75, 3.05) is 12.3 Å². The molecule has 0 unspecified atom stereocenters. The lowest BCUT2D eigenvalue weighted by atomic mass is 9.99. The van der Waals surface area contributed by atoms with Gasteiger partial charge in [0.2, 0.25) is 0 Å². The summed E-state index contributed by atoms with van der Waals surface area (Å²) in [5.74, 6) is -2.20. The summed E-state index contributed by atoms with van der Waals surface area (Å²) in [6.45, 7) is 0.978. The van der Waals surface area contributed by atoms with E-state index in [0.29, 0.717) is 13.1 Å². The van der Waals surface area contributed by atoms with E-state index in [2.05, 4.69) is 0 Å². The Hall–Kier alpha value is -2.43. The summed E-state index contributed by atoms with van der Waals surface area (Å²) in [5, 5.41) is 0. The minimum atomic E-state index is -0.907. The van der Waals surface area contributed by atoms with Gasteiger partial charge >= 0.3 is 0 Å². The molecule has 0 aliphatic carbocycles. The molecule has 2 N–H and O–H groups in total. The number of rotatable bonds is 1. The van der Waals surface area contributed by atoms with Gasteiger partial charge < -0.3 is 10.6 Å². The molecule has 1 heterocycles. The average molecular weight is 288 g/mol. The second-order valence-electron chi connectivity index (χ2n) is 5.10. The maximum absolute atomic E-state index is 13.5. The Morgan fingerprint density at radius 2 is 1.71 bits per heavy atom. The van der Waals surface area contributed by atoms with Crippen molar-refractivity contribution in [3.8, 4) is 0 Å². The van der Waals surface area contributed by atoms with Crippen molar-refractivity contribution in [1.82, 2.24) is 4.90 Å². The molecule has 1 amide bonds. The molecule has 0 fully saturated rings. The molecule has 0 aromatic heterocycles. The van der Waals surface area contributed by atoms with Gasteiger partial charge in [-0.15, -0.1) is 0 Å². The van der Waals surface area contributed by atoms with E-state index in [0.717, 1.165) is 24.1 Å². The third-order valence-electron chi connectivity index (χ3n) is 3.74. The molecule has 5 heteroatoms. The zero-order valence-electron chi connectivity index (χ0n) is 11.3. The monoisotopic (exact) mass is 288 g/mol. The van der Waals surface area contributed by atoms with Crippen molar-refractivity contribution in [3.63, 3.8) is 0 Å². The summed E-state index contributed by atoms with van der Waals surface area (Å²) >= 11 is 0. The lowest BCUT2D eigenvalue weighted by Crippen LogP contribution is -2.36. The first-order valence-electron chi connectivity index (χ1n) is 6.67. The van der Waals surface area contributed by atoms with Gasteiger partial charge in [0.15, 0.2) is 0 Å². The van der Waals surface area contributed by atoms with Crippen LogP contribution < -0.4 is 5.73 Å². The fourth-order valence-electron chi connectivity index (χ4n) is 2.56. The molecule has 0 radical (unpaired) electrons. The summed E-state index contributed by atoms with van der Waals surface area (Å²) in [5.41, 5.74) is 6.91. The third kappa shape index (κ3) is 2.46. The number of nitrogens with zero attached hydrogens (tertiary/aromatic N) is 1. The van der Waals surface area contributed by atoms with E-state index < -0.39 is 17.3 Å². The van der Waals surface area contributed by atoms with Crippen molar-refractivity contribution >= 4 is 11.6 Å². The second kappa shape index (κ2) is 5.16. The van der Waals surface area contributed by atoms with Gasteiger partial charge in [0.25, 0.3) is 5.91 Å². The van der Waals surface area contributed by atoms with E-state index in [9.17, 15) is 13.6 Å². The van der Waals surface area contributed by atoms with Crippen LogP contribution in [0.5, 0.6) is 0 Å². The first kappa shape index (κ1) is 13.5. The van der Waals surface area contributed by atoms with E-state index >= 15 is 0 Å². The number of carbonyl (C=O) groups excluding carboxylic acids is 1. The number of benzene rings is 2. The molecule has 3 rings (SSSR count). The zero-order chi connectivity index (χ0) is 15.0. The zero-order valence-corrected chi connectivity index (χ0v) is 11.3. The Labute approximate surface area is 121 Å². The first-order chi connectivity index (χ1) is 10.1. The Bertz CT molecular complexity index is 692. The van der Waals surface area contributed by atoms with E-state index in [4.69, 9.17) is 5.73 Å². The fourth-order valence-corrected chi connectivity index (χ4v) is 2.56. The first-order valence-corrected chi connectivity index (χ1v) is 6.67. The van der Waals surface area contributed by atoms with Crippen molar-refractivity contribution in [3.05, 3.63) is 64.7 Å². The van der Waals surface area contributed by atoms with Gasteiger partial charge in [-0.25, -0.2) is 8.78 Å². The van der Waals surface area contributed by atoms with Crippen LogP contribution in [0.3, 0.4) is 0 Å². The highest BCUT2D eigenvalue weighted by Gasteiger charge is 2.23. The van der Waals surface area contributed by atoms with Crippen LogP contribution in [0.15, 0.2) is 36.4 Å². The lowest BCUT2D eigenvalue weighted by molar-refractivity contribution is 0.0733. The van der Waals surface area contributed by atoms with Crippen molar-refractivity contribution in [2.45, 2.75) is 13.0 Å². The molecule has 3 nitrogen and oxygen atoms in total. The molecule has 0 atom stereocenters. The summed E-state index contributed by atoms with van der Waals surface area (Å²) in [6, 6.07) is 9.83. The van der Waals surface area contributed by atoms with E-state index in [1.807, 2.05) is 24.3 Å². The number of halogens is 2. The molecule has 0 saturated carbocycles. The molecule has 0 bridgehead atoms. The Morgan fingerprint density at radius 3 is 2.38 bits per heavy atom. The van der Waals surface area contributed by atoms with Gasteiger partial charge in [0.05, 0.1) is 0 Å². The highest BCUT2D eigenvalue weighted by Crippen LogP contribution is 2.22. The standard InChI is InChI=1S/C16H14F2N2O/c17-13-7-12(8-14(18)15(13)19)16(21)20-6-5-10-3-1-2-4-11(10)9-20/h1-4,7-8H,5-6,9,19H2. The summed E-state index contributed by atoms with van der Waals surface area (Å²) < 4.78 is 26.9. The number of fused-ring (bicyclic) bond motifs is 1. The summed E-state index contributed by atoms with van der Waals surface area (Å²) in [4.78, 5) is 14.0. The number of nitrogen functional groups attached to an aromatic ring is 1. The van der Waals surface area contributed by atoms with Gasteiger partial charge in [-0.1, -0.05) is 24.3 Å². The predicted octanol–water partition coefficient (Wildman–Crippen LogP) is 2.75. The van der Waals surface area contributed by atoms with Gasteiger partial charge in [-0.3, -0.25) is 4.79 Å². The average Bonchev–Trinajstić information content (AvgIpc) is 2.51. The predicted molar refractivity (Wildman–Crippen MR) is 75.7 cm³/mol. The summed E-state index contributed by atoms with van der Waals surface area (Å²) in [7, 11) is 0. The Balaban J connectivity index is 1.87. The molecule has 2 aromatic carbocycles. The molecule has 1 aliphatic rings. The quantitative estimate of drug-likeness (QED) is 0.820. The van der Waals surface area contributed by atoms with Gasteiger partial charge in [0.1, 0.15) is 17.3 Å². The number of nitrogens with two attached hydrogens (primary N) is 1. The molecule has 0 saturated heterocycles. The van der Waals surface area contributed by atoms with Crippen LogP contribution in [-0.2, 0) is 13.0 Å². The number of hydrogen-bond acceptors (Lipinski definition) is 2. The maximum Gasteiger partial charge on any atom is 0.254 e. The molecule has 21 heavy (non-hydrogen) atoms. The molecule has 108 valence electrons. The van der Waals surface area contributed by atoms with E-state index in [1.54, 1.807) is 4.90 Å². The minimum absolute atomic E-state index is 0.0152. The smallest absolute Gasteiger partial charge is 0.254 e. The SMILES string of the molecule is Nc1c(F)cc(C(=O)N2CCc3ccccc3C2)cc1F. The number of carbonyl (C=O) groups is 1. The molecule has 0 spiro atoms. The number of amides is 1. The Morgan fingerprint density at radius 1 is 1.10 bits per heavy atom. The van der Waals surface area contributed by atoms with Crippen LogP contribution in [0.1, 0.15) is 21.5 Å². The van der Waals surface area contributed by atoms with E-state index in [1.165, 1.54) is 5.56 Å². The lowest BCUT2D eigenvalue weighted by Gasteiger charge is -2.29. The third-order valence-corrected chi connectivity index (χ3v) is 3.74. The van der Waals surface area contributed by atoms with Crippen LogP contribution >= 0.6 is 0 Å². The maximum atomic E-state index is 13.5. The summed E-state index contributed by atoms with van der Waals surface area (Å²) in [6.07, 6.45) is 0.738. The molecule has 1 aliphatic heterocycles. The van der Waals surface area contributed by atoms with Crippen molar-refractivity contribution in [1.29, 1.82) is 0 Å². The highest BCUT2D eigenvalue weighted by molar-refractivity contribution is 5.94. The van der Waals surface area contributed by atoms with Crippen LogP contribution in [0, 0.1) is 11.6 Å². The molecular formula is C16H14F2N2O. The number of anilines is 1. The van der Waals surface area contributed by atoms with E-state index in [-0.39, 0.29) is 11.5 Å². The molecule has 2 aromatic rings. The normalized spacial score (nSPS) is 13.9. The number of hydrogen-bond donors (Lipinski definition) is 1. The van der Waals surface area contributed by atoms with Gasteiger partial charge in [-0.05, 0) is 29.7 Å². The van der Waals surface area contributed by atoms with Crippen LogP contribution in [0.4, 0.5) is 14.5 Å². The highest BCUT2D eigenvalue weighted by atomic mass is 19.1. The Kier molecular flexibility index (Phi) is 3.33. The van der Waals surface area contributed by atoms with Crippen molar-refractivity contribution < 1.29 is 13.6 Å². The molecular weight excluding hydrogens is 274 g/mol. The van der Waals surface area contributed by atoms with Crippen LogP contribution in [0.2, 0.25) is 0 Å².